The van der Waals surface area contributed by atoms with Crippen LogP contribution in [0.25, 0.3) is 6.08 Å². The monoisotopic (exact) mass is 401 g/mol. The lowest BCUT2D eigenvalue weighted by atomic mass is 10.1. The van der Waals surface area contributed by atoms with Gasteiger partial charge in [-0.3, -0.25) is 10.1 Å². The number of benzene rings is 2. The Hall–Kier alpha value is -3.59. The van der Waals surface area contributed by atoms with Crippen LogP contribution in [0, 0.1) is 10.1 Å². The average molecular weight is 401 g/mol. The number of rotatable bonds is 7. The maximum absolute atomic E-state index is 12.1. The third-order valence-corrected chi connectivity index (χ3v) is 4.17. The Labute approximate surface area is 166 Å². The Balaban J connectivity index is 1.70. The molecule has 0 bridgehead atoms. The third-order valence-electron chi connectivity index (χ3n) is 4.17. The molecule has 0 radical (unpaired) electrons. The van der Waals surface area contributed by atoms with Crippen molar-refractivity contribution >= 4 is 17.7 Å². The van der Waals surface area contributed by atoms with E-state index >= 15 is 0 Å². The lowest BCUT2D eigenvalue weighted by molar-refractivity contribution is -0.385. The van der Waals surface area contributed by atoms with Gasteiger partial charge in [0.15, 0.2) is 18.3 Å². The Kier molecular flexibility index (Phi) is 6.30. The van der Waals surface area contributed by atoms with Gasteiger partial charge in [0.25, 0.3) is 5.69 Å². The van der Waals surface area contributed by atoms with Crippen LogP contribution in [0.15, 0.2) is 36.4 Å². The lowest BCUT2D eigenvalue weighted by Gasteiger charge is -2.20. The fourth-order valence-corrected chi connectivity index (χ4v) is 2.81. The molecule has 152 valence electrons. The van der Waals surface area contributed by atoms with Gasteiger partial charge in [-0.25, -0.2) is 4.79 Å². The zero-order chi connectivity index (χ0) is 20.8. The first-order chi connectivity index (χ1) is 14.0. The van der Waals surface area contributed by atoms with Crippen LogP contribution in [0.1, 0.15) is 16.7 Å². The van der Waals surface area contributed by atoms with Crippen molar-refractivity contribution < 1.29 is 33.4 Å². The second-order valence-corrected chi connectivity index (χ2v) is 6.02. The van der Waals surface area contributed by atoms with Gasteiger partial charge < -0.3 is 23.7 Å². The van der Waals surface area contributed by atoms with Crippen LogP contribution in [-0.4, -0.2) is 31.9 Å². The van der Waals surface area contributed by atoms with Gasteiger partial charge in [0.1, 0.15) is 12.4 Å². The first-order valence-electron chi connectivity index (χ1n) is 8.59. The Morgan fingerprint density at radius 3 is 2.72 bits per heavy atom. The molecule has 9 heteroatoms. The molecule has 0 saturated heterocycles. The molecule has 1 aliphatic rings. The standard InChI is InChI=1S/C20H19NO8/c1-25-17-5-3-13(7-18(17)26-2)4-6-19(22)28-11-15-9-16(21(23)24)8-14-10-27-12-29-20(14)15/h3-9H,10-12H2,1-2H3. The fourth-order valence-electron chi connectivity index (χ4n) is 2.81. The normalized spacial score (nSPS) is 12.8. The molecule has 0 amide bonds. The number of non-ortho nitro benzene ring substituents is 1. The predicted octanol–water partition coefficient (Wildman–Crippen LogP) is 3.24. The maximum Gasteiger partial charge on any atom is 0.331 e. The number of carbonyl (C=O) groups is 1. The van der Waals surface area contributed by atoms with Gasteiger partial charge in [-0.05, 0) is 23.8 Å². The second kappa shape index (κ2) is 9.07. The van der Waals surface area contributed by atoms with Crippen molar-refractivity contribution in [2.45, 2.75) is 13.2 Å². The largest absolute Gasteiger partial charge is 0.493 e. The van der Waals surface area contributed by atoms with Crippen LogP contribution in [-0.2, 0) is 27.5 Å². The van der Waals surface area contributed by atoms with Gasteiger partial charge in [0, 0.05) is 29.3 Å². The summed E-state index contributed by atoms with van der Waals surface area (Å²) in [5.74, 6) is 0.947. The van der Waals surface area contributed by atoms with Gasteiger partial charge in [-0.2, -0.15) is 0 Å². The van der Waals surface area contributed by atoms with Crippen LogP contribution in [0.3, 0.4) is 0 Å². The number of methoxy groups -OCH3 is 2. The fraction of sp³-hybridized carbons (Fsp3) is 0.250. The minimum absolute atomic E-state index is 0.0327. The Morgan fingerprint density at radius 2 is 2.00 bits per heavy atom. The van der Waals surface area contributed by atoms with E-state index in [0.29, 0.717) is 33.9 Å². The first-order valence-corrected chi connectivity index (χ1v) is 8.59. The summed E-state index contributed by atoms with van der Waals surface area (Å²) in [4.78, 5) is 22.7. The minimum Gasteiger partial charge on any atom is -0.493 e. The van der Waals surface area contributed by atoms with Crippen molar-refractivity contribution in [3.8, 4) is 17.2 Å². The van der Waals surface area contributed by atoms with Gasteiger partial charge in [-0.15, -0.1) is 0 Å². The molecule has 0 aliphatic carbocycles. The highest BCUT2D eigenvalue weighted by molar-refractivity contribution is 5.87. The topological polar surface area (TPSA) is 106 Å². The molecule has 29 heavy (non-hydrogen) atoms. The van der Waals surface area contributed by atoms with E-state index in [-0.39, 0.29) is 25.7 Å². The predicted molar refractivity (Wildman–Crippen MR) is 102 cm³/mol. The van der Waals surface area contributed by atoms with Crippen LogP contribution in [0.4, 0.5) is 5.69 Å². The molecule has 2 aromatic carbocycles. The summed E-state index contributed by atoms with van der Waals surface area (Å²) in [7, 11) is 3.06. The number of carbonyl (C=O) groups excluding carboxylic acids is 1. The molecule has 1 heterocycles. The summed E-state index contributed by atoms with van der Waals surface area (Å²) >= 11 is 0. The molecule has 0 saturated carbocycles. The molecule has 1 aliphatic heterocycles. The molecule has 0 fully saturated rings. The highest BCUT2D eigenvalue weighted by atomic mass is 16.7. The number of nitro benzene ring substituents is 1. The highest BCUT2D eigenvalue weighted by Gasteiger charge is 2.21. The van der Waals surface area contributed by atoms with Crippen molar-refractivity contribution in [3.63, 3.8) is 0 Å². The molecule has 2 aromatic rings. The summed E-state index contributed by atoms with van der Waals surface area (Å²) in [6, 6.07) is 7.91. The van der Waals surface area contributed by atoms with E-state index in [0.717, 1.165) is 0 Å². The van der Waals surface area contributed by atoms with E-state index in [1.807, 2.05) is 0 Å². The van der Waals surface area contributed by atoms with Crippen molar-refractivity contribution in [2.75, 3.05) is 21.0 Å². The number of fused-ring (bicyclic) bond motifs is 1. The van der Waals surface area contributed by atoms with Crippen LogP contribution in [0.5, 0.6) is 17.2 Å². The van der Waals surface area contributed by atoms with Crippen molar-refractivity contribution in [2.24, 2.45) is 0 Å². The summed E-state index contributed by atoms with van der Waals surface area (Å²) in [5, 5.41) is 11.1. The van der Waals surface area contributed by atoms with Gasteiger partial charge in [0.05, 0.1) is 25.7 Å². The molecule has 0 aromatic heterocycles. The van der Waals surface area contributed by atoms with Gasteiger partial charge in [-0.1, -0.05) is 6.07 Å². The van der Waals surface area contributed by atoms with Crippen molar-refractivity contribution in [1.82, 2.24) is 0 Å². The van der Waals surface area contributed by atoms with E-state index in [1.54, 1.807) is 24.3 Å². The van der Waals surface area contributed by atoms with Crippen molar-refractivity contribution in [1.29, 1.82) is 0 Å². The molecule has 0 spiro atoms. The number of hydrogen-bond acceptors (Lipinski definition) is 8. The molecule has 0 N–H and O–H groups in total. The summed E-state index contributed by atoms with van der Waals surface area (Å²) in [6.45, 7) is 0.0568. The molecule has 0 unspecified atom stereocenters. The lowest BCUT2D eigenvalue weighted by Crippen LogP contribution is -2.14. The first kappa shape index (κ1) is 20.2. The number of nitro groups is 1. The van der Waals surface area contributed by atoms with Crippen LogP contribution in [0.2, 0.25) is 0 Å². The van der Waals surface area contributed by atoms with Gasteiger partial charge in [0.2, 0.25) is 0 Å². The van der Waals surface area contributed by atoms with E-state index in [9.17, 15) is 14.9 Å². The van der Waals surface area contributed by atoms with Crippen LogP contribution < -0.4 is 14.2 Å². The quantitative estimate of drug-likeness (QED) is 0.301. The zero-order valence-electron chi connectivity index (χ0n) is 15.9. The van der Waals surface area contributed by atoms with E-state index in [2.05, 4.69) is 0 Å². The molecular weight excluding hydrogens is 382 g/mol. The van der Waals surface area contributed by atoms with Crippen molar-refractivity contribution in [3.05, 3.63) is 63.2 Å². The summed E-state index contributed by atoms with van der Waals surface area (Å²) in [6.07, 6.45) is 2.83. The minimum atomic E-state index is -0.605. The van der Waals surface area contributed by atoms with E-state index in [4.69, 9.17) is 23.7 Å². The average Bonchev–Trinajstić information content (AvgIpc) is 2.75. The molecule has 9 nitrogen and oxygen atoms in total. The van der Waals surface area contributed by atoms with Gasteiger partial charge >= 0.3 is 5.97 Å². The Bertz CT molecular complexity index is 954. The third kappa shape index (κ3) is 4.82. The second-order valence-electron chi connectivity index (χ2n) is 6.02. The smallest absolute Gasteiger partial charge is 0.331 e. The van der Waals surface area contributed by atoms with Crippen LogP contribution >= 0.6 is 0 Å². The number of nitrogens with zero attached hydrogens (tertiary/aromatic N) is 1. The number of hydrogen-bond donors (Lipinski definition) is 0. The summed E-state index contributed by atoms with van der Waals surface area (Å²) < 4.78 is 26.2. The molecule has 0 atom stereocenters. The SMILES string of the molecule is COc1ccc(C=CC(=O)OCc2cc([N+](=O)[O-])cc3c2OCOC3)cc1OC. The number of ether oxygens (including phenoxy) is 5. The highest BCUT2D eigenvalue weighted by Crippen LogP contribution is 2.33. The molecular formula is C20H19NO8. The molecule has 3 rings (SSSR count). The Morgan fingerprint density at radius 1 is 1.21 bits per heavy atom. The summed E-state index contributed by atoms with van der Waals surface area (Å²) in [5.41, 5.74) is 1.54. The number of esters is 1. The van der Waals surface area contributed by atoms with E-state index < -0.39 is 10.9 Å². The zero-order valence-corrected chi connectivity index (χ0v) is 15.9. The van der Waals surface area contributed by atoms with E-state index in [1.165, 1.54) is 32.4 Å². The maximum atomic E-state index is 12.1.